The molecule has 2 atom stereocenters. The van der Waals surface area contributed by atoms with E-state index in [2.05, 4.69) is 38.6 Å². The largest absolute Gasteiger partial charge is 0.375 e. The van der Waals surface area contributed by atoms with E-state index in [1.54, 1.807) is 6.07 Å². The first-order chi connectivity index (χ1) is 14.0. The predicted octanol–water partition coefficient (Wildman–Crippen LogP) is 1.48. The van der Waals surface area contributed by atoms with Crippen LogP contribution in [0.2, 0.25) is 0 Å². The molecule has 9 heteroatoms. The van der Waals surface area contributed by atoms with Crippen molar-refractivity contribution in [2.45, 2.75) is 32.1 Å². The Balaban J connectivity index is 1.45. The van der Waals surface area contributed by atoms with Gasteiger partial charge in [-0.1, -0.05) is 30.3 Å². The molecule has 1 aliphatic carbocycles. The molecule has 2 unspecified atom stereocenters. The molecule has 2 aromatic rings. The van der Waals surface area contributed by atoms with Crippen molar-refractivity contribution in [2.24, 2.45) is 17.6 Å². The quantitative estimate of drug-likeness (QED) is 0.419. The lowest BCUT2D eigenvalue weighted by Gasteiger charge is -2.12. The first-order valence-electron chi connectivity index (χ1n) is 9.51. The fourth-order valence-electron chi connectivity index (χ4n) is 3.52. The summed E-state index contributed by atoms with van der Waals surface area (Å²) in [5, 5.41) is 11.1. The Morgan fingerprint density at radius 3 is 2.55 bits per heavy atom. The van der Waals surface area contributed by atoms with Gasteiger partial charge in [-0.25, -0.2) is 0 Å². The van der Waals surface area contributed by atoms with Crippen molar-refractivity contribution >= 4 is 35.0 Å². The zero-order valence-corrected chi connectivity index (χ0v) is 16.7. The molecular weight excluding hydrogens is 388 g/mol. The van der Waals surface area contributed by atoms with Crippen molar-refractivity contribution in [1.82, 2.24) is 21.0 Å². The summed E-state index contributed by atoms with van der Waals surface area (Å²) in [7, 11) is 0. The molecule has 29 heavy (non-hydrogen) atoms. The summed E-state index contributed by atoms with van der Waals surface area (Å²) in [5.41, 5.74) is 12.1. The molecule has 8 nitrogen and oxygen atoms in total. The van der Waals surface area contributed by atoms with Gasteiger partial charge >= 0.3 is 0 Å². The maximum absolute atomic E-state index is 12.1. The van der Waals surface area contributed by atoms with Gasteiger partial charge in [0.25, 0.3) is 0 Å². The standard InChI is InChI=1S/C20H24N6O2S/c21-20(29)26-25-19(28)15-7-6-14(10-15)11-16-8-9-17(24-23-16)22-18(27)12-13-4-2-1-3-5-13/h1-5,8-9,14-15H,6-7,10-12H2,(H,25,28)(H3,21,26,29)(H,22,24,27). The SMILES string of the molecule is NC(=S)NNC(=O)C1CCC(Cc2ccc(NC(=O)Cc3ccccc3)nn2)C1. The normalized spacial score (nSPS) is 18.1. The maximum atomic E-state index is 12.1. The van der Waals surface area contributed by atoms with E-state index >= 15 is 0 Å². The number of hydrogen-bond acceptors (Lipinski definition) is 5. The Kier molecular flexibility index (Phi) is 7.07. The number of anilines is 1. The van der Waals surface area contributed by atoms with Crippen LogP contribution in [-0.2, 0) is 22.4 Å². The summed E-state index contributed by atoms with van der Waals surface area (Å²) in [6.45, 7) is 0. The van der Waals surface area contributed by atoms with Crippen molar-refractivity contribution < 1.29 is 9.59 Å². The predicted molar refractivity (Wildman–Crippen MR) is 113 cm³/mol. The molecule has 1 aromatic carbocycles. The van der Waals surface area contributed by atoms with Gasteiger partial charge in [0.15, 0.2) is 10.9 Å². The van der Waals surface area contributed by atoms with E-state index < -0.39 is 0 Å². The number of nitrogens with two attached hydrogens (primary N) is 1. The van der Waals surface area contributed by atoms with Crippen LogP contribution in [0.1, 0.15) is 30.5 Å². The van der Waals surface area contributed by atoms with Gasteiger partial charge in [-0.3, -0.25) is 20.4 Å². The summed E-state index contributed by atoms with van der Waals surface area (Å²) in [6.07, 6.45) is 3.58. The Morgan fingerprint density at radius 2 is 1.86 bits per heavy atom. The highest BCUT2D eigenvalue weighted by Crippen LogP contribution is 2.33. The van der Waals surface area contributed by atoms with Crippen LogP contribution in [0.15, 0.2) is 42.5 Å². The number of hydrazine groups is 1. The number of benzene rings is 1. The summed E-state index contributed by atoms with van der Waals surface area (Å²) < 4.78 is 0. The van der Waals surface area contributed by atoms with Gasteiger partial charge in [0.2, 0.25) is 11.8 Å². The Bertz CT molecular complexity index is 859. The van der Waals surface area contributed by atoms with Crippen LogP contribution >= 0.6 is 12.2 Å². The third kappa shape index (κ3) is 6.49. The zero-order valence-electron chi connectivity index (χ0n) is 15.9. The number of thiocarbonyl (C=S) groups is 1. The molecule has 1 heterocycles. The van der Waals surface area contributed by atoms with E-state index in [0.717, 1.165) is 36.9 Å². The summed E-state index contributed by atoms with van der Waals surface area (Å²) in [4.78, 5) is 24.2. The van der Waals surface area contributed by atoms with Gasteiger partial charge in [-0.2, -0.15) is 5.10 Å². The minimum Gasteiger partial charge on any atom is -0.375 e. The molecule has 0 aliphatic heterocycles. The number of amides is 2. The highest BCUT2D eigenvalue weighted by atomic mass is 32.1. The van der Waals surface area contributed by atoms with Crippen LogP contribution in [0.5, 0.6) is 0 Å². The van der Waals surface area contributed by atoms with Crippen LogP contribution in [0, 0.1) is 11.8 Å². The average molecular weight is 413 g/mol. The van der Waals surface area contributed by atoms with Crippen molar-refractivity contribution in [3.05, 3.63) is 53.7 Å². The summed E-state index contributed by atoms with van der Waals surface area (Å²) in [6, 6.07) is 13.2. The minimum atomic E-state index is -0.131. The van der Waals surface area contributed by atoms with E-state index in [0.29, 0.717) is 18.2 Å². The second kappa shape index (κ2) is 9.92. The Labute approximate surface area is 174 Å². The van der Waals surface area contributed by atoms with Gasteiger partial charge in [0, 0.05) is 5.92 Å². The van der Waals surface area contributed by atoms with Crippen LogP contribution in [0.25, 0.3) is 0 Å². The monoisotopic (exact) mass is 412 g/mol. The molecule has 5 N–H and O–H groups in total. The second-order valence-corrected chi connectivity index (χ2v) is 7.62. The molecule has 3 rings (SSSR count). The molecule has 1 aliphatic rings. The smallest absolute Gasteiger partial charge is 0.241 e. The van der Waals surface area contributed by atoms with Crippen molar-refractivity contribution in [2.75, 3.05) is 5.32 Å². The summed E-state index contributed by atoms with van der Waals surface area (Å²) in [5.74, 6) is 0.508. The number of hydrogen-bond donors (Lipinski definition) is 4. The lowest BCUT2D eigenvalue weighted by Crippen LogP contribution is -2.46. The van der Waals surface area contributed by atoms with E-state index in [1.165, 1.54) is 0 Å². The van der Waals surface area contributed by atoms with Crippen molar-refractivity contribution in [3.63, 3.8) is 0 Å². The van der Waals surface area contributed by atoms with Gasteiger partial charge < -0.3 is 11.1 Å². The van der Waals surface area contributed by atoms with E-state index in [9.17, 15) is 9.59 Å². The highest BCUT2D eigenvalue weighted by molar-refractivity contribution is 7.80. The average Bonchev–Trinajstić information content (AvgIpc) is 3.17. The molecule has 152 valence electrons. The molecule has 2 amide bonds. The first-order valence-corrected chi connectivity index (χ1v) is 9.92. The molecule has 0 spiro atoms. The number of nitrogens with zero attached hydrogens (tertiary/aromatic N) is 2. The van der Waals surface area contributed by atoms with E-state index in [-0.39, 0.29) is 22.8 Å². The topological polar surface area (TPSA) is 122 Å². The van der Waals surface area contributed by atoms with Gasteiger partial charge in [0.1, 0.15) is 0 Å². The molecule has 1 saturated carbocycles. The second-order valence-electron chi connectivity index (χ2n) is 7.18. The maximum Gasteiger partial charge on any atom is 0.241 e. The third-order valence-corrected chi connectivity index (χ3v) is 5.02. The lowest BCUT2D eigenvalue weighted by atomic mass is 9.99. The van der Waals surface area contributed by atoms with E-state index in [4.69, 9.17) is 5.73 Å². The number of carbonyl (C=O) groups excluding carboxylic acids is 2. The van der Waals surface area contributed by atoms with Gasteiger partial charge in [-0.15, -0.1) is 5.10 Å². The fourth-order valence-corrected chi connectivity index (χ4v) is 3.57. The summed E-state index contributed by atoms with van der Waals surface area (Å²) >= 11 is 4.68. The molecule has 1 fully saturated rings. The van der Waals surface area contributed by atoms with E-state index in [1.807, 2.05) is 36.4 Å². The van der Waals surface area contributed by atoms with Gasteiger partial charge in [-0.05, 0) is 61.5 Å². The minimum absolute atomic E-state index is 0.0409. The first kappa shape index (κ1) is 20.7. The van der Waals surface area contributed by atoms with Crippen LogP contribution < -0.4 is 21.9 Å². The Morgan fingerprint density at radius 1 is 1.07 bits per heavy atom. The number of rotatable bonds is 6. The zero-order chi connectivity index (χ0) is 20.6. The van der Waals surface area contributed by atoms with Crippen LogP contribution in [0.4, 0.5) is 5.82 Å². The number of aromatic nitrogens is 2. The number of carbonyl (C=O) groups is 2. The highest BCUT2D eigenvalue weighted by Gasteiger charge is 2.30. The van der Waals surface area contributed by atoms with Crippen molar-refractivity contribution in [3.8, 4) is 0 Å². The molecule has 0 saturated heterocycles. The lowest BCUT2D eigenvalue weighted by molar-refractivity contribution is -0.125. The number of nitrogens with one attached hydrogen (secondary N) is 3. The van der Waals surface area contributed by atoms with Crippen molar-refractivity contribution in [1.29, 1.82) is 0 Å². The third-order valence-electron chi connectivity index (χ3n) is 4.91. The molecule has 0 bridgehead atoms. The fraction of sp³-hybridized carbons (Fsp3) is 0.350. The van der Waals surface area contributed by atoms with Crippen LogP contribution in [-0.4, -0.2) is 27.1 Å². The Hall–Kier alpha value is -3.07. The van der Waals surface area contributed by atoms with Crippen LogP contribution in [0.3, 0.4) is 0 Å². The molecular formula is C20H24N6O2S. The van der Waals surface area contributed by atoms with Gasteiger partial charge in [0.05, 0.1) is 12.1 Å². The molecule has 0 radical (unpaired) electrons. The molecule has 1 aromatic heterocycles.